The van der Waals surface area contributed by atoms with Crippen LogP contribution >= 0.6 is 15.2 Å². The molecule has 0 saturated heterocycles. The molecular formula is C4H12O7P2. The Morgan fingerprint density at radius 2 is 1.31 bits per heavy atom. The van der Waals surface area contributed by atoms with E-state index in [4.69, 9.17) is 9.79 Å². The van der Waals surface area contributed by atoms with Crippen LogP contribution in [0.4, 0.5) is 0 Å². The van der Waals surface area contributed by atoms with Gasteiger partial charge in [0.05, 0.1) is 0 Å². The highest BCUT2D eigenvalue weighted by Gasteiger charge is 2.22. The van der Waals surface area contributed by atoms with Crippen molar-refractivity contribution in [2.45, 2.75) is 0 Å². The van der Waals surface area contributed by atoms with Crippen LogP contribution in [-0.2, 0) is 22.9 Å². The Labute approximate surface area is 75.7 Å². The first kappa shape index (κ1) is 13.3. The summed E-state index contributed by atoms with van der Waals surface area (Å²) in [6.45, 7) is 0. The van der Waals surface area contributed by atoms with E-state index in [0.717, 1.165) is 14.2 Å². The molecule has 0 amide bonds. The second-order valence-corrected chi connectivity index (χ2v) is 5.90. The van der Waals surface area contributed by atoms with Crippen LogP contribution in [0.15, 0.2) is 0 Å². The molecule has 13 heavy (non-hydrogen) atoms. The topological polar surface area (TPSA) is 102 Å². The van der Waals surface area contributed by atoms with Crippen molar-refractivity contribution in [3.8, 4) is 0 Å². The molecule has 0 aliphatic rings. The van der Waals surface area contributed by atoms with E-state index in [2.05, 4.69) is 13.8 Å². The van der Waals surface area contributed by atoms with E-state index in [9.17, 15) is 9.13 Å². The van der Waals surface area contributed by atoms with Crippen molar-refractivity contribution >= 4 is 15.2 Å². The summed E-state index contributed by atoms with van der Waals surface area (Å²) in [6, 6.07) is 0. The van der Waals surface area contributed by atoms with Crippen LogP contribution in [0.5, 0.6) is 0 Å². The Kier molecular flexibility index (Phi) is 5.32. The molecule has 0 aromatic heterocycles. The summed E-state index contributed by atoms with van der Waals surface area (Å²) in [4.78, 5) is 17.6. The SMILES string of the molecule is COP(=O)(O)COCP(=O)(O)OC. The van der Waals surface area contributed by atoms with E-state index in [1.807, 2.05) is 0 Å². The Bertz CT molecular complexity index is 215. The van der Waals surface area contributed by atoms with Crippen molar-refractivity contribution in [3.05, 3.63) is 0 Å². The molecule has 2 N–H and O–H groups in total. The third kappa shape index (κ3) is 6.35. The monoisotopic (exact) mass is 234 g/mol. The van der Waals surface area contributed by atoms with Crippen LogP contribution in [0.25, 0.3) is 0 Å². The summed E-state index contributed by atoms with van der Waals surface area (Å²) in [5, 5.41) is 0. The Hall–Kier alpha value is 0.260. The smallest absolute Gasteiger partial charge is 0.353 e. The zero-order valence-corrected chi connectivity index (χ0v) is 9.03. The molecular weight excluding hydrogens is 222 g/mol. The van der Waals surface area contributed by atoms with Gasteiger partial charge in [0.25, 0.3) is 0 Å². The maximum atomic E-state index is 10.8. The van der Waals surface area contributed by atoms with Gasteiger partial charge >= 0.3 is 15.2 Å². The Morgan fingerprint density at radius 1 is 1.00 bits per heavy atom. The zero-order chi connectivity index (χ0) is 10.5. The highest BCUT2D eigenvalue weighted by atomic mass is 31.2. The Balaban J connectivity index is 3.81. The lowest BCUT2D eigenvalue weighted by Crippen LogP contribution is -2.00. The number of ether oxygens (including phenoxy) is 1. The van der Waals surface area contributed by atoms with E-state index in [-0.39, 0.29) is 0 Å². The standard InChI is InChI=1S/C4H12O7P2/c1-9-12(5,6)3-11-4-13(7,8)10-2/h3-4H2,1-2H3,(H,5,6)(H,7,8). The molecule has 7 nitrogen and oxygen atoms in total. The normalized spacial score (nSPS) is 20.6. The lowest BCUT2D eigenvalue weighted by atomic mass is 11.5. The molecule has 0 aliphatic heterocycles. The van der Waals surface area contributed by atoms with E-state index >= 15 is 0 Å². The van der Waals surface area contributed by atoms with Gasteiger partial charge in [-0.25, -0.2) is 0 Å². The molecule has 0 fully saturated rings. The van der Waals surface area contributed by atoms with Crippen molar-refractivity contribution < 1.29 is 32.7 Å². The summed E-state index contributed by atoms with van der Waals surface area (Å²) in [6.07, 6.45) is -1.28. The molecule has 0 aromatic rings. The molecule has 0 spiro atoms. The van der Waals surface area contributed by atoms with Gasteiger partial charge in [-0.05, 0) is 0 Å². The molecule has 80 valence electrons. The molecule has 0 heterocycles. The van der Waals surface area contributed by atoms with Crippen molar-refractivity contribution in [1.82, 2.24) is 0 Å². The van der Waals surface area contributed by atoms with Crippen LogP contribution in [0, 0.1) is 0 Å². The van der Waals surface area contributed by atoms with Gasteiger partial charge in [0, 0.05) is 14.2 Å². The van der Waals surface area contributed by atoms with Crippen LogP contribution in [0.3, 0.4) is 0 Å². The van der Waals surface area contributed by atoms with Gasteiger partial charge in [0.2, 0.25) is 0 Å². The van der Waals surface area contributed by atoms with Gasteiger partial charge in [-0.1, -0.05) is 0 Å². The third-order valence-corrected chi connectivity index (χ3v) is 3.24. The highest BCUT2D eigenvalue weighted by Crippen LogP contribution is 2.44. The minimum Gasteiger partial charge on any atom is -0.356 e. The minimum absolute atomic E-state index is 0.641. The first-order chi connectivity index (χ1) is 5.83. The summed E-state index contributed by atoms with van der Waals surface area (Å²) < 4.78 is 34.3. The van der Waals surface area contributed by atoms with E-state index in [1.54, 1.807) is 0 Å². The van der Waals surface area contributed by atoms with Crippen LogP contribution in [0.1, 0.15) is 0 Å². The van der Waals surface area contributed by atoms with Gasteiger partial charge in [0.1, 0.15) is 12.7 Å². The zero-order valence-electron chi connectivity index (χ0n) is 7.24. The maximum absolute atomic E-state index is 10.8. The summed E-state index contributed by atoms with van der Waals surface area (Å²) in [5.74, 6) is 0. The van der Waals surface area contributed by atoms with Crippen LogP contribution in [-0.4, -0.2) is 36.7 Å². The molecule has 0 aliphatic carbocycles. The molecule has 2 unspecified atom stereocenters. The van der Waals surface area contributed by atoms with Gasteiger partial charge in [-0.15, -0.1) is 0 Å². The molecule has 0 aromatic carbocycles. The molecule has 0 bridgehead atoms. The summed E-state index contributed by atoms with van der Waals surface area (Å²) >= 11 is 0. The first-order valence-electron chi connectivity index (χ1n) is 3.16. The average Bonchev–Trinajstić information content (AvgIpc) is 2.04. The second kappa shape index (κ2) is 5.22. The second-order valence-electron chi connectivity index (χ2n) is 2.10. The maximum Gasteiger partial charge on any atom is 0.353 e. The average molecular weight is 234 g/mol. The largest absolute Gasteiger partial charge is 0.356 e. The van der Waals surface area contributed by atoms with Gasteiger partial charge < -0.3 is 23.6 Å². The minimum atomic E-state index is -3.78. The molecule has 2 atom stereocenters. The van der Waals surface area contributed by atoms with E-state index in [1.165, 1.54) is 0 Å². The summed E-state index contributed by atoms with van der Waals surface area (Å²) in [7, 11) is -5.48. The number of hydrogen-bond acceptors (Lipinski definition) is 5. The first-order valence-corrected chi connectivity index (χ1v) is 6.68. The highest BCUT2D eigenvalue weighted by molar-refractivity contribution is 7.53. The van der Waals surface area contributed by atoms with E-state index < -0.39 is 27.9 Å². The molecule has 0 radical (unpaired) electrons. The van der Waals surface area contributed by atoms with Gasteiger partial charge in [-0.3, -0.25) is 9.13 Å². The fraction of sp³-hybridized carbons (Fsp3) is 1.00. The summed E-state index contributed by atoms with van der Waals surface area (Å²) in [5.41, 5.74) is 0. The van der Waals surface area contributed by atoms with Crippen molar-refractivity contribution in [1.29, 1.82) is 0 Å². The molecule has 9 heteroatoms. The third-order valence-electron chi connectivity index (χ3n) is 1.08. The quantitative estimate of drug-likeness (QED) is 0.648. The predicted molar refractivity (Wildman–Crippen MR) is 44.5 cm³/mol. The van der Waals surface area contributed by atoms with Crippen molar-refractivity contribution in [2.75, 3.05) is 26.9 Å². The van der Waals surface area contributed by atoms with Gasteiger partial charge in [-0.2, -0.15) is 0 Å². The fourth-order valence-electron chi connectivity index (χ4n) is 0.377. The number of hydrogen-bond donors (Lipinski definition) is 2. The van der Waals surface area contributed by atoms with Crippen LogP contribution in [0.2, 0.25) is 0 Å². The van der Waals surface area contributed by atoms with Gasteiger partial charge in [0.15, 0.2) is 0 Å². The Morgan fingerprint density at radius 3 is 1.54 bits per heavy atom. The van der Waals surface area contributed by atoms with Crippen LogP contribution < -0.4 is 0 Å². The predicted octanol–water partition coefficient (Wildman–Crippen LogP) is 0.582. The van der Waals surface area contributed by atoms with Crippen molar-refractivity contribution in [3.63, 3.8) is 0 Å². The molecule has 0 rings (SSSR count). The van der Waals surface area contributed by atoms with E-state index in [0.29, 0.717) is 0 Å². The lowest BCUT2D eigenvalue weighted by Gasteiger charge is -2.11. The lowest BCUT2D eigenvalue weighted by molar-refractivity contribution is 0.166. The number of rotatable bonds is 6. The molecule has 0 saturated carbocycles. The fourth-order valence-corrected chi connectivity index (χ4v) is 1.38. The van der Waals surface area contributed by atoms with Crippen molar-refractivity contribution in [2.24, 2.45) is 0 Å².